The molecule has 154 valence electrons. The van der Waals surface area contributed by atoms with E-state index < -0.39 is 10.0 Å². The third kappa shape index (κ3) is 4.56. The third-order valence-electron chi connectivity index (χ3n) is 4.94. The summed E-state index contributed by atoms with van der Waals surface area (Å²) in [5.41, 5.74) is 0.769. The number of carbonyl (C=O) groups is 2. The van der Waals surface area contributed by atoms with E-state index in [0.29, 0.717) is 32.8 Å². The largest absolute Gasteiger partial charge is 0.494 e. The molecule has 2 aliphatic rings. The van der Waals surface area contributed by atoms with E-state index in [2.05, 4.69) is 0 Å². The van der Waals surface area contributed by atoms with E-state index in [1.165, 1.54) is 15.5 Å². The lowest BCUT2D eigenvalue weighted by atomic mass is 10.3. The number of urea groups is 1. The number of rotatable bonds is 6. The van der Waals surface area contributed by atoms with Gasteiger partial charge < -0.3 is 14.5 Å². The van der Waals surface area contributed by atoms with Crippen molar-refractivity contribution in [1.29, 1.82) is 0 Å². The SMILES string of the molecule is CCOc1ccc(N2CCN(CC(=O)N3CCN(S(C)(=O)=O)CC3)C2=O)cc1. The van der Waals surface area contributed by atoms with Crippen LogP contribution in [0.1, 0.15) is 6.92 Å². The maximum atomic E-state index is 12.7. The summed E-state index contributed by atoms with van der Waals surface area (Å²) in [4.78, 5) is 30.0. The predicted octanol–water partition coefficient (Wildman–Crippen LogP) is 0.431. The van der Waals surface area contributed by atoms with Gasteiger partial charge in [0.2, 0.25) is 15.9 Å². The molecule has 0 unspecified atom stereocenters. The molecule has 0 bridgehead atoms. The first kappa shape index (κ1) is 20.4. The Labute approximate surface area is 165 Å². The van der Waals surface area contributed by atoms with Gasteiger partial charge in [-0.1, -0.05) is 0 Å². The van der Waals surface area contributed by atoms with Crippen molar-refractivity contribution in [1.82, 2.24) is 14.1 Å². The molecule has 2 fully saturated rings. The van der Waals surface area contributed by atoms with Crippen molar-refractivity contribution in [3.63, 3.8) is 0 Å². The molecule has 3 amide bonds. The van der Waals surface area contributed by atoms with Gasteiger partial charge in [-0.3, -0.25) is 9.69 Å². The maximum Gasteiger partial charge on any atom is 0.325 e. The zero-order valence-corrected chi connectivity index (χ0v) is 17.0. The molecular weight excluding hydrogens is 384 g/mol. The van der Waals surface area contributed by atoms with E-state index in [1.807, 2.05) is 31.2 Å². The quantitative estimate of drug-likeness (QED) is 0.678. The number of piperazine rings is 1. The number of hydrogen-bond donors (Lipinski definition) is 0. The highest BCUT2D eigenvalue weighted by atomic mass is 32.2. The molecule has 1 aromatic rings. The lowest BCUT2D eigenvalue weighted by Crippen LogP contribution is -2.52. The molecule has 9 nitrogen and oxygen atoms in total. The first-order valence-electron chi connectivity index (χ1n) is 9.32. The molecule has 0 aromatic heterocycles. The molecule has 28 heavy (non-hydrogen) atoms. The summed E-state index contributed by atoms with van der Waals surface area (Å²) in [6, 6.07) is 7.10. The fourth-order valence-electron chi connectivity index (χ4n) is 3.39. The third-order valence-corrected chi connectivity index (χ3v) is 6.24. The Morgan fingerprint density at radius 2 is 1.68 bits per heavy atom. The molecule has 1 aromatic carbocycles. The molecule has 0 radical (unpaired) electrons. The smallest absolute Gasteiger partial charge is 0.325 e. The summed E-state index contributed by atoms with van der Waals surface area (Å²) in [6.45, 7) is 4.75. The number of ether oxygens (including phenoxy) is 1. The van der Waals surface area contributed by atoms with Gasteiger partial charge in [-0.2, -0.15) is 4.31 Å². The van der Waals surface area contributed by atoms with E-state index in [9.17, 15) is 18.0 Å². The Hall–Kier alpha value is -2.33. The summed E-state index contributed by atoms with van der Waals surface area (Å²) in [6.07, 6.45) is 1.17. The van der Waals surface area contributed by atoms with E-state index in [4.69, 9.17) is 4.74 Å². The van der Waals surface area contributed by atoms with Crippen LogP contribution in [0.25, 0.3) is 0 Å². The monoisotopic (exact) mass is 410 g/mol. The van der Waals surface area contributed by atoms with Crippen LogP contribution >= 0.6 is 0 Å². The predicted molar refractivity (Wildman–Crippen MR) is 105 cm³/mol. The van der Waals surface area contributed by atoms with Gasteiger partial charge in [0.15, 0.2) is 0 Å². The van der Waals surface area contributed by atoms with Crippen LogP contribution in [-0.4, -0.2) is 93.1 Å². The van der Waals surface area contributed by atoms with Crippen LogP contribution in [0.3, 0.4) is 0 Å². The van der Waals surface area contributed by atoms with Crippen LogP contribution in [0.15, 0.2) is 24.3 Å². The zero-order chi connectivity index (χ0) is 20.3. The van der Waals surface area contributed by atoms with Crippen molar-refractivity contribution < 1.29 is 22.7 Å². The maximum absolute atomic E-state index is 12.7. The van der Waals surface area contributed by atoms with E-state index in [1.54, 1.807) is 9.80 Å². The van der Waals surface area contributed by atoms with E-state index in [0.717, 1.165) is 11.4 Å². The van der Waals surface area contributed by atoms with Crippen LogP contribution in [-0.2, 0) is 14.8 Å². The molecule has 0 N–H and O–H groups in total. The molecule has 2 heterocycles. The number of benzene rings is 1. The van der Waals surface area contributed by atoms with Crippen molar-refractivity contribution in [3.8, 4) is 5.75 Å². The number of sulfonamides is 1. The number of hydrogen-bond acceptors (Lipinski definition) is 5. The van der Waals surface area contributed by atoms with Crippen LogP contribution in [0, 0.1) is 0 Å². The fourth-order valence-corrected chi connectivity index (χ4v) is 4.22. The van der Waals surface area contributed by atoms with Gasteiger partial charge in [-0.05, 0) is 31.2 Å². The first-order valence-corrected chi connectivity index (χ1v) is 11.2. The Kier molecular flexibility index (Phi) is 6.09. The lowest BCUT2D eigenvalue weighted by Gasteiger charge is -2.34. The summed E-state index contributed by atoms with van der Waals surface area (Å²) in [7, 11) is -3.24. The second-order valence-electron chi connectivity index (χ2n) is 6.83. The van der Waals surface area contributed by atoms with Gasteiger partial charge in [0.25, 0.3) is 0 Å². The van der Waals surface area contributed by atoms with E-state index in [-0.39, 0.29) is 31.6 Å². The Morgan fingerprint density at radius 3 is 2.25 bits per heavy atom. The van der Waals surface area contributed by atoms with Crippen LogP contribution in [0.5, 0.6) is 5.75 Å². The van der Waals surface area contributed by atoms with Gasteiger partial charge >= 0.3 is 6.03 Å². The van der Waals surface area contributed by atoms with Crippen molar-refractivity contribution >= 4 is 27.6 Å². The van der Waals surface area contributed by atoms with E-state index >= 15 is 0 Å². The highest BCUT2D eigenvalue weighted by Gasteiger charge is 2.33. The standard InChI is InChI=1S/C18H26N4O5S/c1-3-27-16-6-4-15(5-7-16)22-13-10-20(18(22)24)14-17(23)19-8-11-21(12-9-19)28(2,25)26/h4-7H,3,8-14H2,1-2H3. The van der Waals surface area contributed by atoms with Gasteiger partial charge in [0, 0.05) is 45.0 Å². The van der Waals surface area contributed by atoms with Crippen molar-refractivity contribution in [2.24, 2.45) is 0 Å². The summed E-state index contributed by atoms with van der Waals surface area (Å²) in [5, 5.41) is 0. The molecular formula is C18H26N4O5S. The van der Waals surface area contributed by atoms with Gasteiger partial charge in [-0.15, -0.1) is 0 Å². The number of anilines is 1. The molecule has 0 aliphatic carbocycles. The molecule has 0 saturated carbocycles. The second-order valence-corrected chi connectivity index (χ2v) is 8.81. The fraction of sp³-hybridized carbons (Fsp3) is 0.556. The molecule has 2 saturated heterocycles. The van der Waals surface area contributed by atoms with Gasteiger partial charge in [-0.25, -0.2) is 13.2 Å². The molecule has 10 heteroatoms. The number of amides is 3. The van der Waals surface area contributed by atoms with Crippen LogP contribution < -0.4 is 9.64 Å². The number of nitrogens with zero attached hydrogens (tertiary/aromatic N) is 4. The molecule has 2 aliphatic heterocycles. The van der Waals surface area contributed by atoms with Gasteiger partial charge in [0.05, 0.1) is 12.9 Å². The molecule has 0 atom stereocenters. The lowest BCUT2D eigenvalue weighted by molar-refractivity contribution is -0.132. The van der Waals surface area contributed by atoms with Crippen molar-refractivity contribution in [2.45, 2.75) is 6.92 Å². The van der Waals surface area contributed by atoms with Gasteiger partial charge in [0.1, 0.15) is 12.3 Å². The van der Waals surface area contributed by atoms with Crippen LogP contribution in [0.4, 0.5) is 10.5 Å². The molecule has 0 spiro atoms. The summed E-state index contributed by atoms with van der Waals surface area (Å²) in [5.74, 6) is 0.591. The minimum Gasteiger partial charge on any atom is -0.494 e. The average Bonchev–Trinajstić information content (AvgIpc) is 3.02. The highest BCUT2D eigenvalue weighted by Crippen LogP contribution is 2.23. The average molecular weight is 410 g/mol. The summed E-state index contributed by atoms with van der Waals surface area (Å²) < 4.78 is 29.9. The summed E-state index contributed by atoms with van der Waals surface area (Å²) >= 11 is 0. The Balaban J connectivity index is 1.54. The topological polar surface area (TPSA) is 90.5 Å². The van der Waals surface area contributed by atoms with Crippen LogP contribution in [0.2, 0.25) is 0 Å². The zero-order valence-electron chi connectivity index (χ0n) is 16.2. The van der Waals surface area contributed by atoms with Crippen molar-refractivity contribution in [2.75, 3.05) is 63.6 Å². The highest BCUT2D eigenvalue weighted by molar-refractivity contribution is 7.88. The Bertz CT molecular complexity index is 819. The second kappa shape index (κ2) is 8.36. The normalized spacial score (nSPS) is 18.6. The minimum atomic E-state index is -3.24. The first-order chi connectivity index (χ1) is 13.3. The minimum absolute atomic E-state index is 0.00520. The van der Waals surface area contributed by atoms with Crippen molar-refractivity contribution in [3.05, 3.63) is 24.3 Å². The number of carbonyl (C=O) groups excluding carboxylic acids is 2. The molecule has 3 rings (SSSR count). The Morgan fingerprint density at radius 1 is 1.04 bits per heavy atom.